The highest BCUT2D eigenvalue weighted by Gasteiger charge is 2.10. The number of hydrogen-bond acceptors (Lipinski definition) is 3. The van der Waals surface area contributed by atoms with E-state index in [2.05, 4.69) is 35.4 Å². The van der Waals surface area contributed by atoms with Crippen molar-refractivity contribution in [2.75, 3.05) is 6.61 Å². The number of benzene rings is 2. The fourth-order valence-corrected chi connectivity index (χ4v) is 2.83. The molecule has 24 heavy (non-hydrogen) atoms. The molecule has 0 aliphatic carbocycles. The van der Waals surface area contributed by atoms with Gasteiger partial charge < -0.3 is 4.74 Å². The third-order valence-electron chi connectivity index (χ3n) is 4.02. The SMILES string of the molecule is CCOC(=O)c1ccn2nc(-c3ccc4ccccc4c3)cc2c1. The number of rotatable bonds is 3. The van der Waals surface area contributed by atoms with Gasteiger partial charge in [0.15, 0.2) is 0 Å². The summed E-state index contributed by atoms with van der Waals surface area (Å²) in [5.74, 6) is -0.312. The number of fused-ring (bicyclic) bond motifs is 2. The molecular weight excluding hydrogens is 300 g/mol. The van der Waals surface area contributed by atoms with E-state index >= 15 is 0 Å². The molecule has 0 radical (unpaired) electrons. The normalized spacial score (nSPS) is 11.0. The lowest BCUT2D eigenvalue weighted by Crippen LogP contribution is -2.05. The molecule has 4 rings (SSSR count). The third kappa shape index (κ3) is 2.52. The zero-order valence-corrected chi connectivity index (χ0v) is 13.3. The van der Waals surface area contributed by atoms with Crippen LogP contribution in [0.15, 0.2) is 66.9 Å². The summed E-state index contributed by atoms with van der Waals surface area (Å²) in [4.78, 5) is 11.9. The summed E-state index contributed by atoms with van der Waals surface area (Å²) in [6, 6.07) is 20.0. The molecule has 0 saturated carbocycles. The molecular formula is C20H16N2O2. The Morgan fingerprint density at radius 2 is 1.88 bits per heavy atom. The van der Waals surface area contributed by atoms with E-state index in [-0.39, 0.29) is 5.97 Å². The fraction of sp³-hybridized carbons (Fsp3) is 0.100. The van der Waals surface area contributed by atoms with E-state index in [1.165, 1.54) is 10.8 Å². The molecule has 2 aromatic carbocycles. The van der Waals surface area contributed by atoms with Crippen LogP contribution in [0.25, 0.3) is 27.5 Å². The van der Waals surface area contributed by atoms with Gasteiger partial charge in [0.05, 0.1) is 23.4 Å². The predicted molar refractivity (Wildman–Crippen MR) is 94.1 cm³/mol. The Bertz CT molecular complexity index is 1050. The van der Waals surface area contributed by atoms with Crippen LogP contribution in [0.3, 0.4) is 0 Å². The standard InChI is InChI=1S/C20H16N2O2/c1-2-24-20(23)17-9-10-22-18(12-17)13-19(21-22)16-8-7-14-5-3-4-6-15(14)11-16/h3-13H,2H2,1H3. The first-order chi connectivity index (χ1) is 11.7. The van der Waals surface area contributed by atoms with Crippen LogP contribution < -0.4 is 0 Å². The molecule has 2 heterocycles. The Kier molecular flexibility index (Phi) is 3.50. The summed E-state index contributed by atoms with van der Waals surface area (Å²) in [5.41, 5.74) is 3.33. The highest BCUT2D eigenvalue weighted by Crippen LogP contribution is 2.25. The van der Waals surface area contributed by atoms with Crippen LogP contribution in [0, 0.1) is 0 Å². The maximum Gasteiger partial charge on any atom is 0.338 e. The van der Waals surface area contributed by atoms with E-state index in [1.54, 1.807) is 29.8 Å². The summed E-state index contributed by atoms with van der Waals surface area (Å²) in [6.45, 7) is 2.17. The summed E-state index contributed by atoms with van der Waals surface area (Å²) < 4.78 is 6.82. The van der Waals surface area contributed by atoms with Gasteiger partial charge in [-0.05, 0) is 42.0 Å². The first kappa shape index (κ1) is 14.5. The van der Waals surface area contributed by atoms with Crippen molar-refractivity contribution in [2.24, 2.45) is 0 Å². The molecule has 4 aromatic rings. The number of esters is 1. The van der Waals surface area contributed by atoms with Gasteiger partial charge in [-0.2, -0.15) is 5.10 Å². The summed E-state index contributed by atoms with van der Waals surface area (Å²) in [5, 5.41) is 6.98. The molecule has 0 atom stereocenters. The minimum Gasteiger partial charge on any atom is -0.462 e. The second-order valence-corrected chi connectivity index (χ2v) is 5.60. The van der Waals surface area contributed by atoms with E-state index in [0.29, 0.717) is 12.2 Å². The fourth-order valence-electron chi connectivity index (χ4n) is 2.83. The molecule has 0 spiro atoms. The monoisotopic (exact) mass is 316 g/mol. The van der Waals surface area contributed by atoms with E-state index < -0.39 is 0 Å². The summed E-state index contributed by atoms with van der Waals surface area (Å²) >= 11 is 0. The van der Waals surface area contributed by atoms with Crippen LogP contribution in [0.1, 0.15) is 17.3 Å². The zero-order valence-electron chi connectivity index (χ0n) is 13.3. The average Bonchev–Trinajstić information content (AvgIpc) is 3.04. The maximum atomic E-state index is 11.9. The van der Waals surface area contributed by atoms with Crippen molar-refractivity contribution < 1.29 is 9.53 Å². The Hall–Kier alpha value is -3.14. The average molecular weight is 316 g/mol. The number of aromatic nitrogens is 2. The second kappa shape index (κ2) is 5.81. The molecule has 0 N–H and O–H groups in total. The van der Waals surface area contributed by atoms with Crippen molar-refractivity contribution in [2.45, 2.75) is 6.92 Å². The number of ether oxygens (including phenoxy) is 1. The van der Waals surface area contributed by atoms with Gasteiger partial charge in [0.1, 0.15) is 0 Å². The number of pyridine rings is 1. The van der Waals surface area contributed by atoms with Crippen LogP contribution >= 0.6 is 0 Å². The van der Waals surface area contributed by atoms with Crippen molar-refractivity contribution >= 4 is 22.3 Å². The molecule has 0 saturated heterocycles. The molecule has 4 heteroatoms. The second-order valence-electron chi connectivity index (χ2n) is 5.60. The Morgan fingerprint density at radius 3 is 2.71 bits per heavy atom. The molecule has 0 bridgehead atoms. The van der Waals surface area contributed by atoms with Gasteiger partial charge in [-0.1, -0.05) is 36.4 Å². The number of carbonyl (C=O) groups excluding carboxylic acids is 1. The quantitative estimate of drug-likeness (QED) is 0.528. The highest BCUT2D eigenvalue weighted by molar-refractivity contribution is 5.91. The molecule has 0 fully saturated rings. The largest absolute Gasteiger partial charge is 0.462 e. The number of nitrogens with zero attached hydrogens (tertiary/aromatic N) is 2. The van der Waals surface area contributed by atoms with Gasteiger partial charge in [0.25, 0.3) is 0 Å². The summed E-state index contributed by atoms with van der Waals surface area (Å²) in [6.07, 6.45) is 1.78. The topological polar surface area (TPSA) is 43.6 Å². The van der Waals surface area contributed by atoms with Crippen molar-refractivity contribution in [1.29, 1.82) is 0 Å². The lowest BCUT2D eigenvalue weighted by molar-refractivity contribution is 0.0526. The van der Waals surface area contributed by atoms with Crippen LogP contribution in [0.2, 0.25) is 0 Å². The van der Waals surface area contributed by atoms with Crippen molar-refractivity contribution in [3.8, 4) is 11.3 Å². The first-order valence-corrected chi connectivity index (χ1v) is 7.90. The van der Waals surface area contributed by atoms with E-state index in [1.807, 2.05) is 18.2 Å². The minimum absolute atomic E-state index is 0.312. The Balaban J connectivity index is 1.77. The van der Waals surface area contributed by atoms with Crippen LogP contribution in [-0.4, -0.2) is 22.2 Å². The molecule has 0 aliphatic heterocycles. The van der Waals surface area contributed by atoms with Gasteiger partial charge in [-0.3, -0.25) is 0 Å². The van der Waals surface area contributed by atoms with Gasteiger partial charge in [-0.15, -0.1) is 0 Å². The zero-order chi connectivity index (χ0) is 16.5. The van der Waals surface area contributed by atoms with E-state index in [4.69, 9.17) is 4.74 Å². The third-order valence-corrected chi connectivity index (χ3v) is 4.02. The molecule has 4 nitrogen and oxygen atoms in total. The van der Waals surface area contributed by atoms with E-state index in [9.17, 15) is 4.79 Å². The Labute approximate surface area is 139 Å². The minimum atomic E-state index is -0.312. The Morgan fingerprint density at radius 1 is 1.04 bits per heavy atom. The predicted octanol–water partition coefficient (Wildman–Crippen LogP) is 4.33. The molecule has 118 valence electrons. The maximum absolute atomic E-state index is 11.9. The van der Waals surface area contributed by atoms with Crippen LogP contribution in [0.5, 0.6) is 0 Å². The van der Waals surface area contributed by atoms with Gasteiger partial charge in [0.2, 0.25) is 0 Å². The molecule has 0 amide bonds. The van der Waals surface area contributed by atoms with E-state index in [0.717, 1.165) is 16.8 Å². The molecule has 2 aromatic heterocycles. The molecule has 0 aliphatic rings. The van der Waals surface area contributed by atoms with Crippen LogP contribution in [-0.2, 0) is 4.74 Å². The van der Waals surface area contributed by atoms with Crippen molar-refractivity contribution in [1.82, 2.24) is 9.61 Å². The number of hydrogen-bond donors (Lipinski definition) is 0. The van der Waals surface area contributed by atoms with Crippen molar-refractivity contribution in [3.05, 3.63) is 72.4 Å². The molecule has 0 unspecified atom stereocenters. The van der Waals surface area contributed by atoms with Crippen molar-refractivity contribution in [3.63, 3.8) is 0 Å². The lowest BCUT2D eigenvalue weighted by atomic mass is 10.1. The highest BCUT2D eigenvalue weighted by atomic mass is 16.5. The smallest absolute Gasteiger partial charge is 0.338 e. The number of carbonyl (C=O) groups is 1. The van der Waals surface area contributed by atoms with Crippen LogP contribution in [0.4, 0.5) is 0 Å². The van der Waals surface area contributed by atoms with Gasteiger partial charge in [0, 0.05) is 11.8 Å². The lowest BCUT2D eigenvalue weighted by Gasteiger charge is -2.01. The van der Waals surface area contributed by atoms with Gasteiger partial charge >= 0.3 is 5.97 Å². The van der Waals surface area contributed by atoms with Gasteiger partial charge in [-0.25, -0.2) is 9.31 Å². The summed E-state index contributed by atoms with van der Waals surface area (Å²) in [7, 11) is 0. The first-order valence-electron chi connectivity index (χ1n) is 7.90.